The number of likely N-dealkylation sites (tertiary alicyclic amines) is 1. The van der Waals surface area contributed by atoms with Crippen molar-refractivity contribution in [2.24, 2.45) is 5.92 Å². The number of benzene rings is 1. The Morgan fingerprint density at radius 1 is 1.30 bits per heavy atom. The molecule has 2 unspecified atom stereocenters. The minimum absolute atomic E-state index is 0.204. The summed E-state index contributed by atoms with van der Waals surface area (Å²) in [6, 6.07) is 8.39. The zero-order valence-corrected chi connectivity index (χ0v) is 12.9. The van der Waals surface area contributed by atoms with Gasteiger partial charge in [-0.3, -0.25) is 4.79 Å². The molecule has 1 aliphatic rings. The van der Waals surface area contributed by atoms with E-state index in [9.17, 15) is 4.79 Å². The maximum atomic E-state index is 12.8. The predicted molar refractivity (Wildman–Crippen MR) is 83.0 cm³/mol. The topological polar surface area (TPSA) is 32.3 Å². The zero-order valence-electron chi connectivity index (χ0n) is 12.9. The minimum atomic E-state index is 0.204. The fourth-order valence-electron chi connectivity index (χ4n) is 2.93. The summed E-state index contributed by atoms with van der Waals surface area (Å²) in [6.45, 7) is 6.19. The van der Waals surface area contributed by atoms with Gasteiger partial charge < -0.3 is 10.2 Å². The third-order valence-electron chi connectivity index (χ3n) is 4.27. The van der Waals surface area contributed by atoms with Crippen LogP contribution in [-0.2, 0) is 6.42 Å². The van der Waals surface area contributed by atoms with E-state index < -0.39 is 0 Å². The molecular weight excluding hydrogens is 248 g/mol. The molecule has 1 fully saturated rings. The summed E-state index contributed by atoms with van der Waals surface area (Å²) in [6.07, 6.45) is 3.24. The first-order valence-corrected chi connectivity index (χ1v) is 7.67. The summed E-state index contributed by atoms with van der Waals surface area (Å²) < 4.78 is 0. The Kier molecular flexibility index (Phi) is 5.18. The second kappa shape index (κ2) is 6.89. The summed E-state index contributed by atoms with van der Waals surface area (Å²) in [5.41, 5.74) is 2.03. The van der Waals surface area contributed by atoms with Gasteiger partial charge in [-0.1, -0.05) is 25.1 Å². The van der Waals surface area contributed by atoms with Gasteiger partial charge in [-0.15, -0.1) is 0 Å². The van der Waals surface area contributed by atoms with Crippen LogP contribution in [0.25, 0.3) is 0 Å². The Morgan fingerprint density at radius 3 is 2.80 bits per heavy atom. The molecule has 1 aliphatic heterocycles. The van der Waals surface area contributed by atoms with Gasteiger partial charge in [0, 0.05) is 18.2 Å². The van der Waals surface area contributed by atoms with Crippen LogP contribution in [0.2, 0.25) is 0 Å². The first kappa shape index (κ1) is 15.0. The fourth-order valence-corrected chi connectivity index (χ4v) is 2.93. The van der Waals surface area contributed by atoms with E-state index in [1.807, 2.05) is 25.2 Å². The Bertz CT molecular complexity index is 458. The van der Waals surface area contributed by atoms with E-state index in [-0.39, 0.29) is 5.91 Å². The Labute approximate surface area is 122 Å². The van der Waals surface area contributed by atoms with Gasteiger partial charge in [0.05, 0.1) is 0 Å². The number of nitrogens with zero attached hydrogens (tertiary/aromatic N) is 1. The van der Waals surface area contributed by atoms with Crippen LogP contribution in [0.5, 0.6) is 0 Å². The van der Waals surface area contributed by atoms with Gasteiger partial charge in [-0.2, -0.15) is 0 Å². The summed E-state index contributed by atoms with van der Waals surface area (Å²) >= 11 is 0. The SMILES string of the molecule is CNCCc1ccccc1C(=O)N1CC(C)CCC1C. The molecule has 1 aromatic carbocycles. The van der Waals surface area contributed by atoms with Crippen LogP contribution in [0.1, 0.15) is 42.6 Å². The van der Waals surface area contributed by atoms with Crippen LogP contribution >= 0.6 is 0 Å². The Balaban J connectivity index is 2.19. The van der Waals surface area contributed by atoms with Crippen molar-refractivity contribution in [3.05, 3.63) is 35.4 Å². The lowest BCUT2D eigenvalue weighted by Gasteiger charge is -2.37. The lowest BCUT2D eigenvalue weighted by atomic mass is 9.93. The van der Waals surface area contributed by atoms with Gasteiger partial charge in [0.25, 0.3) is 5.91 Å². The zero-order chi connectivity index (χ0) is 14.5. The summed E-state index contributed by atoms with van der Waals surface area (Å²) in [4.78, 5) is 14.9. The second-order valence-corrected chi connectivity index (χ2v) is 6.00. The van der Waals surface area contributed by atoms with Gasteiger partial charge in [0.1, 0.15) is 0 Å². The minimum Gasteiger partial charge on any atom is -0.336 e. The number of nitrogens with one attached hydrogen (secondary N) is 1. The highest BCUT2D eigenvalue weighted by atomic mass is 16.2. The fraction of sp³-hybridized carbons (Fsp3) is 0.588. The number of carbonyl (C=O) groups is 1. The molecule has 1 aromatic rings. The van der Waals surface area contributed by atoms with Crippen LogP contribution in [0.15, 0.2) is 24.3 Å². The summed E-state index contributed by atoms with van der Waals surface area (Å²) in [5, 5.41) is 3.15. The molecule has 0 spiro atoms. The standard InChI is InChI=1S/C17H26N2O/c1-13-8-9-14(2)19(12-13)17(20)16-7-5-4-6-15(16)10-11-18-3/h4-7,13-14,18H,8-12H2,1-3H3. The molecule has 3 nitrogen and oxygen atoms in total. The molecule has 110 valence electrons. The van der Waals surface area contributed by atoms with Gasteiger partial charge in [-0.25, -0.2) is 0 Å². The molecule has 0 aliphatic carbocycles. The molecule has 1 amide bonds. The molecule has 1 saturated heterocycles. The molecule has 2 rings (SSSR count). The number of carbonyl (C=O) groups excluding carboxylic acids is 1. The summed E-state index contributed by atoms with van der Waals surface area (Å²) in [7, 11) is 1.94. The Morgan fingerprint density at radius 2 is 2.05 bits per heavy atom. The highest BCUT2D eigenvalue weighted by Gasteiger charge is 2.28. The van der Waals surface area contributed by atoms with E-state index in [1.54, 1.807) is 0 Å². The van der Waals surface area contributed by atoms with Crippen molar-refractivity contribution in [3.63, 3.8) is 0 Å². The molecule has 1 N–H and O–H groups in total. The lowest BCUT2D eigenvalue weighted by molar-refractivity contribution is 0.0573. The first-order valence-electron chi connectivity index (χ1n) is 7.67. The third-order valence-corrected chi connectivity index (χ3v) is 4.27. The third kappa shape index (κ3) is 3.40. The van der Waals surface area contributed by atoms with Crippen molar-refractivity contribution in [2.45, 2.75) is 39.2 Å². The van der Waals surface area contributed by atoms with Gasteiger partial charge in [0.2, 0.25) is 0 Å². The van der Waals surface area contributed by atoms with Crippen LogP contribution in [0, 0.1) is 5.92 Å². The van der Waals surface area contributed by atoms with E-state index in [4.69, 9.17) is 0 Å². The van der Waals surface area contributed by atoms with Crippen molar-refractivity contribution in [2.75, 3.05) is 20.1 Å². The quantitative estimate of drug-likeness (QED) is 0.915. The molecular formula is C17H26N2O. The van der Waals surface area contributed by atoms with Crippen molar-refractivity contribution < 1.29 is 4.79 Å². The number of rotatable bonds is 4. The lowest BCUT2D eigenvalue weighted by Crippen LogP contribution is -2.45. The molecule has 0 saturated carbocycles. The average molecular weight is 274 g/mol. The van der Waals surface area contributed by atoms with Crippen molar-refractivity contribution in [1.29, 1.82) is 0 Å². The van der Waals surface area contributed by atoms with E-state index in [0.717, 1.165) is 37.1 Å². The smallest absolute Gasteiger partial charge is 0.254 e. The van der Waals surface area contributed by atoms with Gasteiger partial charge in [0.15, 0.2) is 0 Å². The largest absolute Gasteiger partial charge is 0.336 e. The van der Waals surface area contributed by atoms with Crippen molar-refractivity contribution in [3.8, 4) is 0 Å². The number of hydrogen-bond donors (Lipinski definition) is 1. The van der Waals surface area contributed by atoms with E-state index in [1.165, 1.54) is 6.42 Å². The highest BCUT2D eigenvalue weighted by Crippen LogP contribution is 2.24. The van der Waals surface area contributed by atoms with Crippen molar-refractivity contribution >= 4 is 5.91 Å². The van der Waals surface area contributed by atoms with Gasteiger partial charge in [-0.05, 0) is 57.3 Å². The molecule has 20 heavy (non-hydrogen) atoms. The van der Waals surface area contributed by atoms with E-state index >= 15 is 0 Å². The Hall–Kier alpha value is -1.35. The molecule has 3 heteroatoms. The van der Waals surface area contributed by atoms with Crippen molar-refractivity contribution in [1.82, 2.24) is 10.2 Å². The number of hydrogen-bond acceptors (Lipinski definition) is 2. The monoisotopic (exact) mass is 274 g/mol. The summed E-state index contributed by atoms with van der Waals surface area (Å²) in [5.74, 6) is 0.815. The van der Waals surface area contributed by atoms with E-state index in [0.29, 0.717) is 12.0 Å². The van der Waals surface area contributed by atoms with E-state index in [2.05, 4.69) is 30.1 Å². The maximum absolute atomic E-state index is 12.8. The average Bonchev–Trinajstić information content (AvgIpc) is 2.47. The normalized spacial score (nSPS) is 22.9. The van der Waals surface area contributed by atoms with Crippen LogP contribution in [-0.4, -0.2) is 37.0 Å². The number of piperidine rings is 1. The predicted octanol–water partition coefficient (Wildman–Crippen LogP) is 2.71. The van der Waals surface area contributed by atoms with Crippen LogP contribution in [0.4, 0.5) is 0 Å². The first-order chi connectivity index (χ1) is 9.63. The van der Waals surface area contributed by atoms with Crippen LogP contribution in [0.3, 0.4) is 0 Å². The second-order valence-electron chi connectivity index (χ2n) is 6.00. The number of amides is 1. The van der Waals surface area contributed by atoms with Gasteiger partial charge >= 0.3 is 0 Å². The highest BCUT2D eigenvalue weighted by molar-refractivity contribution is 5.96. The molecule has 1 heterocycles. The van der Waals surface area contributed by atoms with Crippen LogP contribution < -0.4 is 5.32 Å². The maximum Gasteiger partial charge on any atom is 0.254 e. The number of likely N-dealkylation sites (N-methyl/N-ethyl adjacent to an activating group) is 1. The molecule has 2 atom stereocenters. The molecule has 0 radical (unpaired) electrons. The molecule has 0 aromatic heterocycles. The molecule has 0 bridgehead atoms.